The van der Waals surface area contributed by atoms with E-state index in [1.165, 1.54) is 23.1 Å². The maximum atomic E-state index is 13.8. The van der Waals surface area contributed by atoms with Crippen molar-refractivity contribution < 1.29 is 14.3 Å². The molecule has 1 N–H and O–H groups in total. The number of carbonyl (C=O) groups is 1. The zero-order chi connectivity index (χ0) is 13.1. The van der Waals surface area contributed by atoms with Crippen LogP contribution < -0.4 is 0 Å². The summed E-state index contributed by atoms with van der Waals surface area (Å²) in [6.45, 7) is 0. The van der Waals surface area contributed by atoms with Crippen LogP contribution in [0, 0.1) is 5.82 Å². The van der Waals surface area contributed by atoms with Gasteiger partial charge in [0.1, 0.15) is 6.33 Å². The highest BCUT2D eigenvalue weighted by Gasteiger charge is 2.12. The summed E-state index contributed by atoms with van der Waals surface area (Å²) in [5.41, 5.74) is 0.289. The van der Waals surface area contributed by atoms with E-state index in [4.69, 9.17) is 16.7 Å². The third-order valence-electron chi connectivity index (χ3n) is 2.10. The van der Waals surface area contributed by atoms with Crippen LogP contribution in [-0.2, 0) is 4.79 Å². The third-order valence-corrected chi connectivity index (χ3v) is 2.39. The minimum Gasteiger partial charge on any atom is -0.478 e. The van der Waals surface area contributed by atoms with Crippen molar-refractivity contribution in [3.05, 3.63) is 40.9 Å². The first-order valence-corrected chi connectivity index (χ1v) is 5.10. The number of hydrogen-bond acceptors (Lipinski definition) is 4. The predicted molar refractivity (Wildman–Crippen MR) is 60.8 cm³/mol. The van der Waals surface area contributed by atoms with Crippen molar-refractivity contribution in [1.82, 2.24) is 20.2 Å². The Bertz CT molecular complexity index is 613. The van der Waals surface area contributed by atoms with E-state index in [1.807, 2.05) is 0 Å². The van der Waals surface area contributed by atoms with Gasteiger partial charge in [0.15, 0.2) is 5.82 Å². The first kappa shape index (κ1) is 12.2. The Balaban J connectivity index is 2.60. The number of hydrogen-bond donors (Lipinski definition) is 1. The lowest BCUT2D eigenvalue weighted by molar-refractivity contribution is -0.131. The Morgan fingerprint density at radius 1 is 1.50 bits per heavy atom. The molecule has 0 aliphatic heterocycles. The summed E-state index contributed by atoms with van der Waals surface area (Å²) >= 11 is 5.65. The van der Waals surface area contributed by atoms with Crippen molar-refractivity contribution >= 4 is 23.6 Å². The molecule has 0 amide bonds. The molecule has 1 aromatic carbocycles. The maximum Gasteiger partial charge on any atom is 0.328 e. The molecule has 0 aliphatic rings. The van der Waals surface area contributed by atoms with Gasteiger partial charge in [-0.2, -0.15) is 4.68 Å². The van der Waals surface area contributed by atoms with Crippen molar-refractivity contribution in [2.24, 2.45) is 0 Å². The normalized spacial score (nSPS) is 11.0. The molecule has 2 aromatic rings. The summed E-state index contributed by atoms with van der Waals surface area (Å²) in [6, 6.07) is 2.83. The van der Waals surface area contributed by atoms with Crippen molar-refractivity contribution in [2.45, 2.75) is 0 Å². The number of aromatic nitrogens is 4. The van der Waals surface area contributed by atoms with E-state index in [2.05, 4.69) is 15.5 Å². The molecule has 0 radical (unpaired) electrons. The second kappa shape index (κ2) is 4.92. The van der Waals surface area contributed by atoms with Crippen LogP contribution in [-0.4, -0.2) is 31.3 Å². The number of halogens is 2. The topological polar surface area (TPSA) is 80.9 Å². The number of carboxylic acids is 1. The van der Waals surface area contributed by atoms with Gasteiger partial charge in [-0.25, -0.2) is 9.18 Å². The average Bonchev–Trinajstić information content (AvgIpc) is 2.84. The van der Waals surface area contributed by atoms with E-state index in [-0.39, 0.29) is 10.6 Å². The van der Waals surface area contributed by atoms with Gasteiger partial charge in [-0.1, -0.05) is 11.6 Å². The molecule has 0 saturated heterocycles. The standard InChI is InChI=1S/C10H6ClFN4O2/c11-7-2-3-8(16-5-13-14-15-16)6(10(7)12)1-4-9(17)18/h1-5H,(H,17,18)/b4-1+. The number of rotatable bonds is 3. The van der Waals surface area contributed by atoms with Gasteiger partial charge in [0.05, 0.1) is 10.7 Å². The Kier molecular flexibility index (Phi) is 3.33. The van der Waals surface area contributed by atoms with Crippen LogP contribution in [0.15, 0.2) is 24.5 Å². The molecule has 0 fully saturated rings. The van der Waals surface area contributed by atoms with Gasteiger partial charge in [0, 0.05) is 11.6 Å². The zero-order valence-electron chi connectivity index (χ0n) is 8.79. The van der Waals surface area contributed by atoms with Crippen LogP contribution in [0.4, 0.5) is 4.39 Å². The van der Waals surface area contributed by atoms with E-state index in [0.717, 1.165) is 12.2 Å². The first-order chi connectivity index (χ1) is 8.59. The average molecular weight is 269 g/mol. The molecular weight excluding hydrogens is 263 g/mol. The SMILES string of the molecule is O=C(O)/C=C/c1c(-n2cnnn2)ccc(Cl)c1F. The molecule has 6 nitrogen and oxygen atoms in total. The molecule has 0 atom stereocenters. The molecule has 1 heterocycles. The Hall–Kier alpha value is -2.28. The fourth-order valence-corrected chi connectivity index (χ4v) is 1.51. The number of aliphatic carboxylic acids is 1. The summed E-state index contributed by atoms with van der Waals surface area (Å²) < 4.78 is 15.1. The van der Waals surface area contributed by atoms with Crippen molar-refractivity contribution in [3.8, 4) is 5.69 Å². The number of nitrogens with zero attached hydrogens (tertiary/aromatic N) is 4. The molecule has 0 aliphatic carbocycles. The summed E-state index contributed by atoms with van der Waals surface area (Å²) in [5.74, 6) is -1.93. The summed E-state index contributed by atoms with van der Waals surface area (Å²) in [7, 11) is 0. The minimum absolute atomic E-state index is 0.00259. The summed E-state index contributed by atoms with van der Waals surface area (Å²) in [5, 5.41) is 18.9. The third kappa shape index (κ3) is 2.35. The van der Waals surface area contributed by atoms with Crippen LogP contribution in [0.25, 0.3) is 11.8 Å². The molecule has 0 spiro atoms. The van der Waals surface area contributed by atoms with Crippen LogP contribution in [0.2, 0.25) is 5.02 Å². The second-order valence-corrected chi connectivity index (χ2v) is 3.63. The molecule has 0 unspecified atom stereocenters. The predicted octanol–water partition coefficient (Wildman–Crippen LogP) is 1.55. The molecule has 92 valence electrons. The van der Waals surface area contributed by atoms with Crippen LogP contribution in [0.1, 0.15) is 5.56 Å². The fraction of sp³-hybridized carbons (Fsp3) is 0. The number of carboxylic acid groups (broad SMARTS) is 1. The molecular formula is C10H6ClFN4O2. The van der Waals surface area contributed by atoms with Gasteiger partial charge < -0.3 is 5.11 Å². The van der Waals surface area contributed by atoms with Crippen LogP contribution >= 0.6 is 11.6 Å². The Labute approximate surface area is 105 Å². The van der Waals surface area contributed by atoms with Crippen molar-refractivity contribution in [2.75, 3.05) is 0 Å². The van der Waals surface area contributed by atoms with E-state index in [0.29, 0.717) is 5.69 Å². The lowest BCUT2D eigenvalue weighted by Crippen LogP contribution is -2.01. The number of tetrazole rings is 1. The second-order valence-electron chi connectivity index (χ2n) is 3.22. The lowest BCUT2D eigenvalue weighted by atomic mass is 10.1. The zero-order valence-corrected chi connectivity index (χ0v) is 9.54. The fourth-order valence-electron chi connectivity index (χ4n) is 1.34. The molecule has 0 saturated carbocycles. The number of benzene rings is 1. The minimum atomic E-state index is -1.20. The molecule has 2 rings (SSSR count). The van der Waals surface area contributed by atoms with Gasteiger partial charge >= 0.3 is 5.97 Å². The van der Waals surface area contributed by atoms with Crippen LogP contribution in [0.3, 0.4) is 0 Å². The van der Waals surface area contributed by atoms with E-state index in [1.54, 1.807) is 0 Å². The van der Waals surface area contributed by atoms with Gasteiger partial charge in [0.25, 0.3) is 0 Å². The van der Waals surface area contributed by atoms with Gasteiger partial charge in [0.2, 0.25) is 0 Å². The molecule has 1 aromatic heterocycles. The van der Waals surface area contributed by atoms with Gasteiger partial charge in [-0.3, -0.25) is 0 Å². The maximum absolute atomic E-state index is 13.8. The lowest BCUT2D eigenvalue weighted by Gasteiger charge is -2.06. The van der Waals surface area contributed by atoms with E-state index < -0.39 is 11.8 Å². The van der Waals surface area contributed by atoms with E-state index in [9.17, 15) is 9.18 Å². The van der Waals surface area contributed by atoms with E-state index >= 15 is 0 Å². The quantitative estimate of drug-likeness (QED) is 0.854. The summed E-state index contributed by atoms with van der Waals surface area (Å²) in [4.78, 5) is 10.5. The first-order valence-electron chi connectivity index (χ1n) is 4.72. The van der Waals surface area contributed by atoms with Crippen molar-refractivity contribution in [1.29, 1.82) is 0 Å². The van der Waals surface area contributed by atoms with Crippen LogP contribution in [0.5, 0.6) is 0 Å². The molecule has 8 heteroatoms. The highest BCUT2D eigenvalue weighted by atomic mass is 35.5. The smallest absolute Gasteiger partial charge is 0.328 e. The summed E-state index contributed by atoms with van der Waals surface area (Å²) in [6.07, 6.45) is 3.17. The molecule has 18 heavy (non-hydrogen) atoms. The van der Waals surface area contributed by atoms with Gasteiger partial charge in [-0.15, -0.1) is 5.10 Å². The molecule has 0 bridgehead atoms. The Morgan fingerprint density at radius 3 is 2.89 bits per heavy atom. The Morgan fingerprint density at radius 2 is 2.28 bits per heavy atom. The highest BCUT2D eigenvalue weighted by molar-refractivity contribution is 6.31. The van der Waals surface area contributed by atoms with Crippen molar-refractivity contribution in [3.63, 3.8) is 0 Å². The van der Waals surface area contributed by atoms with Gasteiger partial charge in [-0.05, 0) is 28.6 Å². The monoisotopic (exact) mass is 268 g/mol. The highest BCUT2D eigenvalue weighted by Crippen LogP contribution is 2.25. The largest absolute Gasteiger partial charge is 0.478 e.